The van der Waals surface area contributed by atoms with Crippen LogP contribution < -0.4 is 0 Å². The third-order valence-electron chi connectivity index (χ3n) is 2.96. The average Bonchev–Trinajstić information content (AvgIpc) is 3.03. The highest BCUT2D eigenvalue weighted by Gasteiger charge is 2.34. The van der Waals surface area contributed by atoms with Gasteiger partial charge in [-0.3, -0.25) is 0 Å². The van der Waals surface area contributed by atoms with E-state index < -0.39 is 5.97 Å². The molecule has 0 amide bonds. The lowest BCUT2D eigenvalue weighted by Gasteiger charge is -1.98. The van der Waals surface area contributed by atoms with Crippen LogP contribution in [0.4, 0.5) is 0 Å². The fraction of sp³-hybridized carbons (Fsp3) is 0.250. The Bertz CT molecular complexity index is 628. The van der Waals surface area contributed by atoms with Crippen LogP contribution in [0.15, 0.2) is 21.0 Å². The molecule has 1 heterocycles. The van der Waals surface area contributed by atoms with Gasteiger partial charge in [-0.1, -0.05) is 27.5 Å². The zero-order valence-electron chi connectivity index (χ0n) is 8.67. The number of hydrogen-bond donors (Lipinski definition) is 1. The highest BCUT2D eigenvalue weighted by Crippen LogP contribution is 2.49. The summed E-state index contributed by atoms with van der Waals surface area (Å²) in [7, 11) is 0. The monoisotopic (exact) mass is 314 g/mol. The Labute approximate surface area is 110 Å². The van der Waals surface area contributed by atoms with Crippen molar-refractivity contribution in [2.75, 3.05) is 0 Å². The van der Waals surface area contributed by atoms with Crippen molar-refractivity contribution in [1.29, 1.82) is 0 Å². The first-order valence-corrected chi connectivity index (χ1v) is 6.40. The van der Waals surface area contributed by atoms with E-state index in [4.69, 9.17) is 16.0 Å². The molecule has 1 aliphatic rings. The number of halogens is 2. The molecular weight excluding hydrogens is 307 g/mol. The molecule has 1 fully saturated rings. The predicted octanol–water partition coefficient (Wildman–Crippen LogP) is 4.42. The quantitative estimate of drug-likeness (QED) is 0.892. The average molecular weight is 316 g/mol. The van der Waals surface area contributed by atoms with Gasteiger partial charge in [0, 0.05) is 15.4 Å². The van der Waals surface area contributed by atoms with Gasteiger partial charge in [0.15, 0.2) is 5.58 Å². The molecule has 0 saturated heterocycles. The van der Waals surface area contributed by atoms with Crippen LogP contribution in [-0.4, -0.2) is 11.1 Å². The van der Waals surface area contributed by atoms with E-state index in [1.165, 1.54) is 0 Å². The lowest BCUT2D eigenvalue weighted by Crippen LogP contribution is -1.97. The van der Waals surface area contributed by atoms with E-state index in [0.717, 1.165) is 28.3 Å². The molecule has 0 radical (unpaired) electrons. The highest BCUT2D eigenvalue weighted by atomic mass is 79.9. The number of carboxylic acid groups (broad SMARTS) is 1. The van der Waals surface area contributed by atoms with E-state index in [0.29, 0.717) is 10.6 Å². The van der Waals surface area contributed by atoms with Gasteiger partial charge in [0.1, 0.15) is 0 Å². The summed E-state index contributed by atoms with van der Waals surface area (Å²) >= 11 is 9.47. The van der Waals surface area contributed by atoms with E-state index in [1.807, 2.05) is 6.07 Å². The smallest absolute Gasteiger partial charge is 0.372 e. The summed E-state index contributed by atoms with van der Waals surface area (Å²) in [6.45, 7) is 0. The molecule has 1 aromatic carbocycles. The van der Waals surface area contributed by atoms with Crippen molar-refractivity contribution in [2.45, 2.75) is 18.8 Å². The van der Waals surface area contributed by atoms with E-state index in [9.17, 15) is 9.90 Å². The number of aromatic carboxylic acids is 1. The number of rotatable bonds is 2. The van der Waals surface area contributed by atoms with E-state index in [1.54, 1.807) is 6.07 Å². The molecule has 1 aromatic heterocycles. The summed E-state index contributed by atoms with van der Waals surface area (Å²) in [5.74, 6) is -0.723. The van der Waals surface area contributed by atoms with Crippen LogP contribution in [0, 0.1) is 0 Å². The maximum atomic E-state index is 11.2. The lowest BCUT2D eigenvalue weighted by atomic mass is 10.1. The van der Waals surface area contributed by atoms with E-state index in [2.05, 4.69) is 15.9 Å². The summed E-state index contributed by atoms with van der Waals surface area (Å²) in [6, 6.07) is 3.51. The molecule has 88 valence electrons. The summed E-state index contributed by atoms with van der Waals surface area (Å²) in [4.78, 5) is 11.2. The molecule has 3 rings (SSSR count). The van der Waals surface area contributed by atoms with Gasteiger partial charge in [-0.25, -0.2) is 4.79 Å². The minimum Gasteiger partial charge on any atom is -0.475 e. The van der Waals surface area contributed by atoms with Gasteiger partial charge >= 0.3 is 5.97 Å². The number of benzene rings is 1. The van der Waals surface area contributed by atoms with Gasteiger partial charge in [-0.2, -0.15) is 0 Å². The van der Waals surface area contributed by atoms with Crippen LogP contribution in [0.2, 0.25) is 5.02 Å². The summed E-state index contributed by atoms with van der Waals surface area (Å²) in [5.41, 5.74) is 1.24. The second kappa shape index (κ2) is 3.75. The summed E-state index contributed by atoms with van der Waals surface area (Å²) in [5, 5.41) is 10.4. The summed E-state index contributed by atoms with van der Waals surface area (Å²) in [6.07, 6.45) is 2.02. The van der Waals surface area contributed by atoms with Crippen molar-refractivity contribution in [1.82, 2.24) is 0 Å². The zero-order chi connectivity index (χ0) is 12.2. The summed E-state index contributed by atoms with van der Waals surface area (Å²) < 4.78 is 6.24. The topological polar surface area (TPSA) is 50.4 Å². The van der Waals surface area contributed by atoms with Gasteiger partial charge in [0.05, 0.1) is 5.02 Å². The number of hydrogen-bond acceptors (Lipinski definition) is 2. The highest BCUT2D eigenvalue weighted by molar-refractivity contribution is 9.10. The SMILES string of the molecule is O=C(O)c1oc2c(Cl)ccc(Br)c2c1C1CC1. The molecule has 0 aliphatic heterocycles. The third-order valence-corrected chi connectivity index (χ3v) is 3.92. The molecule has 1 saturated carbocycles. The zero-order valence-corrected chi connectivity index (χ0v) is 11.0. The van der Waals surface area contributed by atoms with Gasteiger partial charge < -0.3 is 9.52 Å². The first-order valence-electron chi connectivity index (χ1n) is 5.23. The fourth-order valence-corrected chi connectivity index (χ4v) is 2.80. The van der Waals surface area contributed by atoms with Crippen molar-refractivity contribution < 1.29 is 14.3 Å². The molecule has 1 N–H and O–H groups in total. The van der Waals surface area contributed by atoms with E-state index >= 15 is 0 Å². The molecule has 3 nitrogen and oxygen atoms in total. The second-order valence-corrected chi connectivity index (χ2v) is 5.42. The van der Waals surface area contributed by atoms with E-state index in [-0.39, 0.29) is 11.7 Å². The third kappa shape index (κ3) is 1.67. The number of carbonyl (C=O) groups is 1. The maximum Gasteiger partial charge on any atom is 0.372 e. The first-order chi connectivity index (χ1) is 8.09. The van der Waals surface area contributed by atoms with Crippen LogP contribution in [-0.2, 0) is 0 Å². The Morgan fingerprint density at radius 2 is 2.18 bits per heavy atom. The van der Waals surface area contributed by atoms with Crippen molar-refractivity contribution in [3.8, 4) is 0 Å². The number of fused-ring (bicyclic) bond motifs is 1. The number of furan rings is 1. The molecular formula is C12H8BrClO3. The van der Waals surface area contributed by atoms with Crippen LogP contribution in [0.25, 0.3) is 11.0 Å². The van der Waals surface area contributed by atoms with Crippen molar-refractivity contribution in [3.05, 3.63) is 33.0 Å². The molecule has 0 spiro atoms. The second-order valence-electron chi connectivity index (χ2n) is 4.16. The molecule has 1 aliphatic carbocycles. The van der Waals surface area contributed by atoms with Gasteiger partial charge in [0.25, 0.3) is 0 Å². The van der Waals surface area contributed by atoms with Crippen LogP contribution in [0.5, 0.6) is 0 Å². The Hall–Kier alpha value is -1.00. The molecule has 2 aromatic rings. The standard InChI is InChI=1S/C12H8BrClO3/c13-6-3-4-7(14)10-9(6)8(5-1-2-5)11(17-10)12(15)16/h3-5H,1-2H2,(H,15,16). The van der Waals surface area contributed by atoms with Gasteiger partial charge in [-0.15, -0.1) is 0 Å². The van der Waals surface area contributed by atoms with Crippen LogP contribution in [0.3, 0.4) is 0 Å². The normalized spacial score (nSPS) is 15.4. The molecule has 17 heavy (non-hydrogen) atoms. The lowest BCUT2D eigenvalue weighted by molar-refractivity contribution is 0.0663. The van der Waals surface area contributed by atoms with Gasteiger partial charge in [0.2, 0.25) is 5.76 Å². The molecule has 5 heteroatoms. The molecule has 0 unspecified atom stereocenters. The van der Waals surface area contributed by atoms with Crippen molar-refractivity contribution in [3.63, 3.8) is 0 Å². The van der Waals surface area contributed by atoms with Crippen molar-refractivity contribution in [2.24, 2.45) is 0 Å². The van der Waals surface area contributed by atoms with Crippen LogP contribution in [0.1, 0.15) is 34.9 Å². The maximum absolute atomic E-state index is 11.2. The van der Waals surface area contributed by atoms with Gasteiger partial charge in [-0.05, 0) is 30.9 Å². The minimum absolute atomic E-state index is 0.0244. The Morgan fingerprint density at radius 3 is 2.76 bits per heavy atom. The Morgan fingerprint density at radius 1 is 1.47 bits per heavy atom. The van der Waals surface area contributed by atoms with Crippen molar-refractivity contribution >= 4 is 44.5 Å². The Balaban J connectivity index is 2.42. The first kappa shape index (κ1) is 11.1. The molecule has 0 bridgehead atoms. The largest absolute Gasteiger partial charge is 0.475 e. The van der Waals surface area contributed by atoms with Crippen LogP contribution >= 0.6 is 27.5 Å². The molecule has 0 atom stereocenters. The minimum atomic E-state index is -1.04. The fourth-order valence-electron chi connectivity index (χ4n) is 2.07. The number of carboxylic acids is 1. The predicted molar refractivity (Wildman–Crippen MR) is 67.9 cm³/mol. The Kier molecular flexibility index (Phi) is 2.45.